The Balaban J connectivity index is 1.86. The SMILES string of the molecule is CC[C@@H](C)Oc1ccc(/C=C2/NC(=O)N(c3ccccc3)C2=O)cc1OC. The standard InChI is InChI=1S/C21H22N2O4/c1-4-14(2)27-18-11-10-15(13-19(18)26-3)12-17-20(24)23(21(25)22-17)16-8-6-5-7-9-16/h5-14H,4H2,1-3H3,(H,22,25)/b17-12+/t14-/m1/s1. The quantitative estimate of drug-likeness (QED) is 0.620. The van der Waals surface area contributed by atoms with E-state index in [0.29, 0.717) is 17.2 Å². The summed E-state index contributed by atoms with van der Waals surface area (Å²) in [5.41, 5.74) is 1.46. The maximum atomic E-state index is 12.6. The molecule has 1 N–H and O–H groups in total. The van der Waals surface area contributed by atoms with Crippen molar-refractivity contribution in [3.05, 3.63) is 59.8 Å². The van der Waals surface area contributed by atoms with Gasteiger partial charge in [0.15, 0.2) is 11.5 Å². The van der Waals surface area contributed by atoms with Gasteiger partial charge in [-0.05, 0) is 49.2 Å². The highest BCUT2D eigenvalue weighted by Crippen LogP contribution is 2.30. The van der Waals surface area contributed by atoms with Gasteiger partial charge < -0.3 is 14.8 Å². The fraction of sp³-hybridized carbons (Fsp3) is 0.238. The molecule has 3 rings (SSSR count). The summed E-state index contributed by atoms with van der Waals surface area (Å²) in [6.45, 7) is 4.03. The van der Waals surface area contributed by atoms with E-state index >= 15 is 0 Å². The summed E-state index contributed by atoms with van der Waals surface area (Å²) < 4.78 is 11.2. The Morgan fingerprint density at radius 2 is 1.85 bits per heavy atom. The zero-order valence-corrected chi connectivity index (χ0v) is 15.6. The van der Waals surface area contributed by atoms with Crippen LogP contribution in [-0.4, -0.2) is 25.2 Å². The van der Waals surface area contributed by atoms with E-state index in [0.717, 1.165) is 16.9 Å². The molecule has 0 radical (unpaired) electrons. The van der Waals surface area contributed by atoms with Gasteiger partial charge in [-0.3, -0.25) is 4.79 Å². The first kappa shape index (κ1) is 18.5. The van der Waals surface area contributed by atoms with E-state index in [1.807, 2.05) is 26.0 Å². The van der Waals surface area contributed by atoms with Crippen LogP contribution in [0, 0.1) is 0 Å². The Kier molecular flexibility index (Phi) is 5.45. The fourth-order valence-corrected chi connectivity index (χ4v) is 2.68. The van der Waals surface area contributed by atoms with Gasteiger partial charge in [-0.1, -0.05) is 31.2 Å². The summed E-state index contributed by atoms with van der Waals surface area (Å²) in [5, 5.41) is 2.62. The molecule has 0 spiro atoms. The van der Waals surface area contributed by atoms with Gasteiger partial charge in [0.05, 0.1) is 18.9 Å². The number of amides is 3. The minimum atomic E-state index is -0.471. The van der Waals surface area contributed by atoms with Crippen molar-refractivity contribution in [2.24, 2.45) is 0 Å². The van der Waals surface area contributed by atoms with Crippen LogP contribution in [0.3, 0.4) is 0 Å². The predicted molar refractivity (Wildman–Crippen MR) is 104 cm³/mol. The number of anilines is 1. The van der Waals surface area contributed by atoms with Crippen LogP contribution in [0.4, 0.5) is 10.5 Å². The molecule has 1 heterocycles. The number of para-hydroxylation sites is 1. The Morgan fingerprint density at radius 1 is 1.11 bits per heavy atom. The average molecular weight is 366 g/mol. The number of benzene rings is 2. The van der Waals surface area contributed by atoms with E-state index < -0.39 is 11.9 Å². The summed E-state index contributed by atoms with van der Waals surface area (Å²) in [7, 11) is 1.56. The van der Waals surface area contributed by atoms with Crippen molar-refractivity contribution < 1.29 is 19.1 Å². The Labute approximate surface area is 158 Å². The van der Waals surface area contributed by atoms with Crippen molar-refractivity contribution in [3.63, 3.8) is 0 Å². The van der Waals surface area contributed by atoms with Gasteiger partial charge in [0.2, 0.25) is 0 Å². The number of carbonyl (C=O) groups excluding carboxylic acids is 2. The Morgan fingerprint density at radius 3 is 2.52 bits per heavy atom. The van der Waals surface area contributed by atoms with E-state index in [4.69, 9.17) is 9.47 Å². The topological polar surface area (TPSA) is 67.9 Å². The molecule has 0 aromatic heterocycles. The van der Waals surface area contributed by atoms with Gasteiger partial charge in [-0.25, -0.2) is 9.69 Å². The molecule has 2 aromatic carbocycles. The molecule has 1 atom stereocenters. The number of nitrogens with one attached hydrogen (secondary N) is 1. The molecule has 6 nitrogen and oxygen atoms in total. The minimum absolute atomic E-state index is 0.0678. The van der Waals surface area contributed by atoms with Gasteiger partial charge >= 0.3 is 6.03 Å². The maximum absolute atomic E-state index is 12.6. The lowest BCUT2D eigenvalue weighted by Crippen LogP contribution is -2.30. The second-order valence-corrected chi connectivity index (χ2v) is 6.21. The fourth-order valence-electron chi connectivity index (χ4n) is 2.68. The first-order valence-corrected chi connectivity index (χ1v) is 8.80. The summed E-state index contributed by atoms with van der Waals surface area (Å²) >= 11 is 0. The molecule has 1 saturated heterocycles. The van der Waals surface area contributed by atoms with E-state index in [9.17, 15) is 9.59 Å². The number of imide groups is 1. The molecule has 6 heteroatoms. The highest BCUT2D eigenvalue weighted by atomic mass is 16.5. The molecule has 27 heavy (non-hydrogen) atoms. The smallest absolute Gasteiger partial charge is 0.333 e. The van der Waals surface area contributed by atoms with Crippen molar-refractivity contribution in [3.8, 4) is 11.5 Å². The third-order valence-electron chi connectivity index (χ3n) is 4.29. The lowest BCUT2D eigenvalue weighted by atomic mass is 10.1. The number of methoxy groups -OCH3 is 1. The Hall–Kier alpha value is -3.28. The Bertz CT molecular complexity index is 877. The number of hydrogen-bond donors (Lipinski definition) is 1. The van der Waals surface area contributed by atoms with Crippen molar-refractivity contribution in [2.75, 3.05) is 12.0 Å². The second kappa shape index (κ2) is 7.95. The molecule has 3 amide bonds. The number of urea groups is 1. The van der Waals surface area contributed by atoms with Crippen LogP contribution in [0.5, 0.6) is 11.5 Å². The van der Waals surface area contributed by atoms with Crippen molar-refractivity contribution in [2.45, 2.75) is 26.4 Å². The number of nitrogens with zero attached hydrogens (tertiary/aromatic N) is 1. The van der Waals surface area contributed by atoms with Crippen LogP contribution in [0.1, 0.15) is 25.8 Å². The van der Waals surface area contributed by atoms with Crippen LogP contribution < -0.4 is 19.7 Å². The minimum Gasteiger partial charge on any atom is -0.493 e. The third kappa shape index (κ3) is 3.95. The van der Waals surface area contributed by atoms with Gasteiger partial charge in [0.25, 0.3) is 5.91 Å². The molecule has 0 saturated carbocycles. The lowest BCUT2D eigenvalue weighted by Gasteiger charge is -2.15. The molecular weight excluding hydrogens is 344 g/mol. The highest BCUT2D eigenvalue weighted by molar-refractivity contribution is 6.28. The van der Waals surface area contributed by atoms with Crippen LogP contribution in [0.25, 0.3) is 6.08 Å². The molecule has 0 bridgehead atoms. The second-order valence-electron chi connectivity index (χ2n) is 6.21. The molecule has 1 aliphatic rings. The predicted octanol–water partition coefficient (Wildman–Crippen LogP) is 3.97. The highest BCUT2D eigenvalue weighted by Gasteiger charge is 2.34. The van der Waals surface area contributed by atoms with E-state index in [-0.39, 0.29) is 11.8 Å². The van der Waals surface area contributed by atoms with E-state index in [1.165, 1.54) is 0 Å². The summed E-state index contributed by atoms with van der Waals surface area (Å²) in [6.07, 6.45) is 2.57. The van der Waals surface area contributed by atoms with Gasteiger partial charge in [0.1, 0.15) is 5.70 Å². The van der Waals surface area contributed by atoms with Crippen molar-refractivity contribution in [1.82, 2.24) is 5.32 Å². The molecule has 1 aliphatic heterocycles. The lowest BCUT2D eigenvalue weighted by molar-refractivity contribution is -0.113. The first-order valence-electron chi connectivity index (χ1n) is 8.80. The first-order chi connectivity index (χ1) is 13.0. The molecule has 0 unspecified atom stereocenters. The number of rotatable bonds is 6. The molecule has 140 valence electrons. The number of carbonyl (C=O) groups is 2. The van der Waals surface area contributed by atoms with Gasteiger partial charge in [0, 0.05) is 0 Å². The maximum Gasteiger partial charge on any atom is 0.333 e. The van der Waals surface area contributed by atoms with Crippen LogP contribution in [-0.2, 0) is 4.79 Å². The summed E-state index contributed by atoms with van der Waals surface area (Å²) in [6, 6.07) is 13.7. The van der Waals surface area contributed by atoms with Gasteiger partial charge in [-0.2, -0.15) is 0 Å². The normalized spacial score (nSPS) is 16.4. The van der Waals surface area contributed by atoms with E-state index in [1.54, 1.807) is 49.6 Å². The average Bonchev–Trinajstić information content (AvgIpc) is 2.96. The number of ether oxygens (including phenoxy) is 2. The zero-order valence-electron chi connectivity index (χ0n) is 15.6. The van der Waals surface area contributed by atoms with Gasteiger partial charge in [-0.15, -0.1) is 0 Å². The molecule has 2 aromatic rings. The summed E-state index contributed by atoms with van der Waals surface area (Å²) in [5.74, 6) is 0.813. The van der Waals surface area contributed by atoms with Crippen LogP contribution in [0.2, 0.25) is 0 Å². The third-order valence-corrected chi connectivity index (χ3v) is 4.29. The molecule has 0 aliphatic carbocycles. The zero-order chi connectivity index (χ0) is 19.4. The molecular formula is C21H22N2O4. The molecule has 1 fully saturated rings. The van der Waals surface area contributed by atoms with Crippen molar-refractivity contribution in [1.29, 1.82) is 0 Å². The van der Waals surface area contributed by atoms with E-state index in [2.05, 4.69) is 5.32 Å². The summed E-state index contributed by atoms with van der Waals surface area (Å²) in [4.78, 5) is 26.0. The monoisotopic (exact) mass is 366 g/mol. The van der Waals surface area contributed by atoms with Crippen LogP contribution in [0.15, 0.2) is 54.2 Å². The van der Waals surface area contributed by atoms with Crippen molar-refractivity contribution >= 4 is 23.7 Å². The largest absolute Gasteiger partial charge is 0.493 e. The van der Waals surface area contributed by atoms with Crippen LogP contribution >= 0.6 is 0 Å². The number of hydrogen-bond acceptors (Lipinski definition) is 4.